The van der Waals surface area contributed by atoms with Gasteiger partial charge in [-0.25, -0.2) is 0 Å². The molecule has 0 atom stereocenters. The molecule has 2 rings (SSSR count). The highest BCUT2D eigenvalue weighted by atomic mass is 79.9. The third-order valence-electron chi connectivity index (χ3n) is 2.42. The van der Waals surface area contributed by atoms with E-state index in [1.807, 2.05) is 31.2 Å². The number of aromatic nitrogens is 1. The number of aryl methyl sites for hydroxylation is 1. The first kappa shape index (κ1) is 11.9. The zero-order valence-electron chi connectivity index (χ0n) is 9.70. The van der Waals surface area contributed by atoms with E-state index in [9.17, 15) is 0 Å². The zero-order chi connectivity index (χ0) is 12.3. The summed E-state index contributed by atoms with van der Waals surface area (Å²) in [5.74, 6) is 0.861. The van der Waals surface area contributed by atoms with Gasteiger partial charge in [-0.15, -0.1) is 0 Å². The molecule has 4 heteroatoms. The number of methoxy groups -OCH3 is 1. The summed E-state index contributed by atoms with van der Waals surface area (Å²) in [6.07, 6.45) is 3.54. The van der Waals surface area contributed by atoms with Crippen molar-refractivity contribution >= 4 is 27.3 Å². The average Bonchev–Trinajstić information content (AvgIpc) is 2.32. The highest BCUT2D eigenvalue weighted by Gasteiger charge is 2.01. The van der Waals surface area contributed by atoms with Crippen LogP contribution >= 0.6 is 15.9 Å². The lowest BCUT2D eigenvalue weighted by Crippen LogP contribution is -1.94. The van der Waals surface area contributed by atoms with E-state index in [1.165, 1.54) is 0 Å². The van der Waals surface area contributed by atoms with Crippen LogP contribution in [0.2, 0.25) is 0 Å². The number of benzene rings is 1. The minimum absolute atomic E-state index is 0.861. The standard InChI is InChI=1S/C13H13BrN2O/c1-9-5-12(17-2)3-4-13(9)16-11-6-10(14)7-15-8-11/h3-8,16H,1-2H3. The molecule has 3 nitrogen and oxygen atoms in total. The van der Waals surface area contributed by atoms with Crippen molar-refractivity contribution in [3.05, 3.63) is 46.7 Å². The monoisotopic (exact) mass is 292 g/mol. The first-order valence-corrected chi connectivity index (χ1v) is 6.00. The molecule has 0 spiro atoms. The average molecular weight is 293 g/mol. The fraction of sp³-hybridized carbons (Fsp3) is 0.154. The van der Waals surface area contributed by atoms with E-state index in [4.69, 9.17) is 4.74 Å². The van der Waals surface area contributed by atoms with Crippen molar-refractivity contribution in [2.75, 3.05) is 12.4 Å². The lowest BCUT2D eigenvalue weighted by molar-refractivity contribution is 0.414. The van der Waals surface area contributed by atoms with Gasteiger partial charge in [0.05, 0.1) is 19.0 Å². The lowest BCUT2D eigenvalue weighted by atomic mass is 10.2. The smallest absolute Gasteiger partial charge is 0.119 e. The molecule has 2 aromatic rings. The molecular formula is C13H13BrN2O. The van der Waals surface area contributed by atoms with E-state index in [1.54, 1.807) is 19.5 Å². The molecular weight excluding hydrogens is 280 g/mol. The zero-order valence-corrected chi connectivity index (χ0v) is 11.3. The Morgan fingerprint density at radius 2 is 2.06 bits per heavy atom. The predicted octanol–water partition coefficient (Wildman–Crippen LogP) is 3.90. The fourth-order valence-corrected chi connectivity index (χ4v) is 1.90. The summed E-state index contributed by atoms with van der Waals surface area (Å²) in [6.45, 7) is 2.04. The van der Waals surface area contributed by atoms with Gasteiger partial charge in [0, 0.05) is 16.4 Å². The Bertz CT molecular complexity index is 529. The molecule has 1 N–H and O–H groups in total. The fourth-order valence-electron chi connectivity index (χ4n) is 1.54. The van der Waals surface area contributed by atoms with Crippen LogP contribution in [0.25, 0.3) is 0 Å². The molecule has 0 amide bonds. The number of nitrogens with zero attached hydrogens (tertiary/aromatic N) is 1. The number of hydrogen-bond donors (Lipinski definition) is 1. The Morgan fingerprint density at radius 1 is 1.24 bits per heavy atom. The second kappa shape index (κ2) is 5.19. The van der Waals surface area contributed by atoms with E-state index in [-0.39, 0.29) is 0 Å². The summed E-state index contributed by atoms with van der Waals surface area (Å²) in [6, 6.07) is 7.90. The molecule has 0 aliphatic heterocycles. The molecule has 1 aromatic heterocycles. The van der Waals surface area contributed by atoms with Crippen LogP contribution in [0.1, 0.15) is 5.56 Å². The Kier molecular flexibility index (Phi) is 3.64. The van der Waals surface area contributed by atoms with Crippen molar-refractivity contribution in [2.45, 2.75) is 6.92 Å². The van der Waals surface area contributed by atoms with Crippen LogP contribution in [-0.4, -0.2) is 12.1 Å². The minimum atomic E-state index is 0.861. The number of nitrogens with one attached hydrogen (secondary N) is 1. The van der Waals surface area contributed by atoms with Gasteiger partial charge in [-0.3, -0.25) is 4.98 Å². The van der Waals surface area contributed by atoms with E-state index < -0.39 is 0 Å². The second-order valence-electron chi connectivity index (χ2n) is 3.70. The first-order chi connectivity index (χ1) is 8.19. The molecule has 0 fully saturated rings. The van der Waals surface area contributed by atoms with Crippen LogP contribution in [0.4, 0.5) is 11.4 Å². The van der Waals surface area contributed by atoms with Gasteiger partial charge in [0.25, 0.3) is 0 Å². The molecule has 88 valence electrons. The number of halogens is 1. The van der Waals surface area contributed by atoms with Crippen molar-refractivity contribution in [1.29, 1.82) is 0 Å². The maximum absolute atomic E-state index is 5.17. The van der Waals surface area contributed by atoms with Gasteiger partial charge in [0.1, 0.15) is 5.75 Å². The van der Waals surface area contributed by atoms with Gasteiger partial charge in [0.15, 0.2) is 0 Å². The van der Waals surface area contributed by atoms with Crippen molar-refractivity contribution < 1.29 is 4.74 Å². The van der Waals surface area contributed by atoms with Gasteiger partial charge in [-0.1, -0.05) is 0 Å². The quantitative estimate of drug-likeness (QED) is 0.931. The maximum atomic E-state index is 5.17. The Balaban J connectivity index is 2.24. The number of rotatable bonds is 3. The number of anilines is 2. The Morgan fingerprint density at radius 3 is 2.71 bits per heavy atom. The molecule has 0 saturated heterocycles. The number of ether oxygens (including phenoxy) is 1. The topological polar surface area (TPSA) is 34.1 Å². The molecule has 0 aliphatic rings. The van der Waals surface area contributed by atoms with Crippen LogP contribution in [0.3, 0.4) is 0 Å². The van der Waals surface area contributed by atoms with E-state index in [2.05, 4.69) is 26.2 Å². The predicted molar refractivity (Wildman–Crippen MR) is 73.0 cm³/mol. The van der Waals surface area contributed by atoms with Crippen LogP contribution < -0.4 is 10.1 Å². The first-order valence-electron chi connectivity index (χ1n) is 5.21. The maximum Gasteiger partial charge on any atom is 0.119 e. The molecule has 1 heterocycles. The Hall–Kier alpha value is -1.55. The van der Waals surface area contributed by atoms with Gasteiger partial charge in [-0.2, -0.15) is 0 Å². The van der Waals surface area contributed by atoms with Crippen molar-refractivity contribution in [1.82, 2.24) is 4.98 Å². The van der Waals surface area contributed by atoms with Gasteiger partial charge in [0.2, 0.25) is 0 Å². The van der Waals surface area contributed by atoms with Crippen LogP contribution in [-0.2, 0) is 0 Å². The summed E-state index contributed by atoms with van der Waals surface area (Å²) < 4.78 is 6.12. The molecule has 0 aliphatic carbocycles. The van der Waals surface area contributed by atoms with Crippen molar-refractivity contribution in [3.63, 3.8) is 0 Å². The van der Waals surface area contributed by atoms with E-state index >= 15 is 0 Å². The summed E-state index contributed by atoms with van der Waals surface area (Å²) >= 11 is 3.39. The summed E-state index contributed by atoms with van der Waals surface area (Å²) in [5.41, 5.74) is 3.13. The Labute approximate surface area is 109 Å². The van der Waals surface area contributed by atoms with Crippen LogP contribution in [0, 0.1) is 6.92 Å². The molecule has 0 saturated carbocycles. The third kappa shape index (κ3) is 2.97. The normalized spacial score (nSPS) is 10.1. The molecule has 17 heavy (non-hydrogen) atoms. The lowest BCUT2D eigenvalue weighted by Gasteiger charge is -2.10. The van der Waals surface area contributed by atoms with Crippen LogP contribution in [0.5, 0.6) is 5.75 Å². The van der Waals surface area contributed by atoms with Crippen molar-refractivity contribution in [2.24, 2.45) is 0 Å². The van der Waals surface area contributed by atoms with E-state index in [0.29, 0.717) is 0 Å². The summed E-state index contributed by atoms with van der Waals surface area (Å²) in [7, 11) is 1.67. The number of hydrogen-bond acceptors (Lipinski definition) is 3. The molecule has 0 radical (unpaired) electrons. The highest BCUT2D eigenvalue weighted by molar-refractivity contribution is 9.10. The van der Waals surface area contributed by atoms with Crippen molar-refractivity contribution in [3.8, 4) is 5.75 Å². The molecule has 0 unspecified atom stereocenters. The molecule has 0 bridgehead atoms. The largest absolute Gasteiger partial charge is 0.497 e. The SMILES string of the molecule is COc1ccc(Nc2cncc(Br)c2)c(C)c1. The third-order valence-corrected chi connectivity index (χ3v) is 2.85. The molecule has 1 aromatic carbocycles. The van der Waals surface area contributed by atoms with Gasteiger partial charge >= 0.3 is 0 Å². The number of pyridine rings is 1. The summed E-state index contributed by atoms with van der Waals surface area (Å²) in [5, 5.41) is 3.32. The van der Waals surface area contributed by atoms with Gasteiger partial charge < -0.3 is 10.1 Å². The second-order valence-corrected chi connectivity index (χ2v) is 4.61. The van der Waals surface area contributed by atoms with Crippen LogP contribution in [0.15, 0.2) is 41.1 Å². The summed E-state index contributed by atoms with van der Waals surface area (Å²) in [4.78, 5) is 4.11. The highest BCUT2D eigenvalue weighted by Crippen LogP contribution is 2.25. The minimum Gasteiger partial charge on any atom is -0.497 e. The van der Waals surface area contributed by atoms with E-state index in [0.717, 1.165) is 27.2 Å². The van der Waals surface area contributed by atoms with Gasteiger partial charge in [-0.05, 0) is 52.7 Å².